The molecule has 0 fully saturated rings. The van der Waals surface area contributed by atoms with Crippen molar-refractivity contribution in [3.63, 3.8) is 0 Å². The van der Waals surface area contributed by atoms with Crippen molar-refractivity contribution in [2.45, 2.75) is 33.5 Å². The second kappa shape index (κ2) is 3.26. The van der Waals surface area contributed by atoms with Crippen LogP contribution in [0.3, 0.4) is 0 Å². The van der Waals surface area contributed by atoms with Crippen LogP contribution in [0.15, 0.2) is 12.1 Å². The molecule has 0 spiro atoms. The molecule has 0 aromatic heterocycles. The van der Waals surface area contributed by atoms with Gasteiger partial charge in [-0.2, -0.15) is 0 Å². The van der Waals surface area contributed by atoms with Crippen molar-refractivity contribution < 1.29 is 4.39 Å². The van der Waals surface area contributed by atoms with Gasteiger partial charge in [-0.3, -0.25) is 0 Å². The van der Waals surface area contributed by atoms with Gasteiger partial charge in [0, 0.05) is 0 Å². The van der Waals surface area contributed by atoms with Crippen molar-refractivity contribution in [1.82, 2.24) is 0 Å². The van der Waals surface area contributed by atoms with Crippen molar-refractivity contribution >= 4 is 13.3 Å². The van der Waals surface area contributed by atoms with Gasteiger partial charge in [-0.1, -0.05) is 37.0 Å². The van der Waals surface area contributed by atoms with Crippen LogP contribution < -0.4 is 5.19 Å². The van der Waals surface area contributed by atoms with Gasteiger partial charge >= 0.3 is 0 Å². The Morgan fingerprint density at radius 2 is 1.38 bits per heavy atom. The summed E-state index contributed by atoms with van der Waals surface area (Å²) in [6.45, 7) is 10.5. The summed E-state index contributed by atoms with van der Waals surface area (Å²) in [5.41, 5.74) is 1.55. The fourth-order valence-corrected chi connectivity index (χ4v) is 2.68. The molecule has 0 bridgehead atoms. The van der Waals surface area contributed by atoms with Gasteiger partial charge in [-0.05, 0) is 25.0 Å². The fourth-order valence-electron chi connectivity index (χ4n) is 1.38. The molecule has 0 radical (unpaired) electrons. The number of halogens is 1. The quantitative estimate of drug-likeness (QED) is 0.606. The molecule has 0 saturated heterocycles. The van der Waals surface area contributed by atoms with Crippen LogP contribution in [-0.2, 0) is 0 Å². The maximum absolute atomic E-state index is 13.3. The van der Waals surface area contributed by atoms with Crippen LogP contribution in [0, 0.1) is 19.7 Å². The van der Waals surface area contributed by atoms with E-state index in [1.54, 1.807) is 0 Å². The summed E-state index contributed by atoms with van der Waals surface area (Å²) in [7, 11) is -1.29. The summed E-state index contributed by atoms with van der Waals surface area (Å²) in [5.74, 6) is -0.0537. The molecular formula is C11H17FSi. The topological polar surface area (TPSA) is 0 Å². The summed E-state index contributed by atoms with van der Waals surface area (Å²) in [5, 5.41) is 1.34. The van der Waals surface area contributed by atoms with E-state index < -0.39 is 8.07 Å². The predicted molar refractivity (Wildman–Crippen MR) is 58.9 cm³/mol. The largest absolute Gasteiger partial charge is 0.206 e. The molecule has 0 nitrogen and oxygen atoms in total. The first-order valence-electron chi connectivity index (χ1n) is 4.59. The molecule has 72 valence electrons. The Hall–Kier alpha value is -0.633. The number of hydrogen-bond donors (Lipinski definition) is 0. The molecule has 1 aromatic carbocycles. The Bertz CT molecular complexity index is 300. The van der Waals surface area contributed by atoms with Gasteiger partial charge in [0.2, 0.25) is 0 Å². The Labute approximate surface area is 80.8 Å². The highest BCUT2D eigenvalue weighted by Crippen LogP contribution is 2.12. The lowest BCUT2D eigenvalue weighted by Gasteiger charge is -2.18. The SMILES string of the molecule is Cc1cc([Si](C)(C)C)cc(C)c1F. The van der Waals surface area contributed by atoms with Gasteiger partial charge in [-0.15, -0.1) is 0 Å². The minimum atomic E-state index is -1.29. The smallest absolute Gasteiger partial charge is 0.129 e. The zero-order valence-corrected chi connectivity index (χ0v) is 10.0. The molecular weight excluding hydrogens is 179 g/mol. The molecule has 13 heavy (non-hydrogen) atoms. The zero-order valence-electron chi connectivity index (χ0n) is 9.03. The molecule has 0 aliphatic carbocycles. The lowest BCUT2D eigenvalue weighted by atomic mass is 10.1. The first kappa shape index (κ1) is 10.4. The van der Waals surface area contributed by atoms with Crippen molar-refractivity contribution in [2.24, 2.45) is 0 Å². The molecule has 0 aliphatic rings. The minimum absolute atomic E-state index is 0.0537. The van der Waals surface area contributed by atoms with Crippen LogP contribution in [-0.4, -0.2) is 8.07 Å². The average molecular weight is 196 g/mol. The van der Waals surface area contributed by atoms with E-state index in [2.05, 4.69) is 19.6 Å². The monoisotopic (exact) mass is 196 g/mol. The van der Waals surface area contributed by atoms with E-state index >= 15 is 0 Å². The number of rotatable bonds is 1. The van der Waals surface area contributed by atoms with Crippen molar-refractivity contribution in [3.05, 3.63) is 29.1 Å². The summed E-state index contributed by atoms with van der Waals surface area (Å²) in [6, 6.07) is 3.99. The van der Waals surface area contributed by atoms with E-state index in [9.17, 15) is 4.39 Å². The van der Waals surface area contributed by atoms with Crippen LogP contribution in [0.5, 0.6) is 0 Å². The van der Waals surface area contributed by atoms with Crippen LogP contribution >= 0.6 is 0 Å². The third-order valence-electron chi connectivity index (χ3n) is 2.30. The van der Waals surface area contributed by atoms with Crippen LogP contribution in [0.4, 0.5) is 4.39 Å². The predicted octanol–water partition coefficient (Wildman–Crippen LogP) is 2.99. The van der Waals surface area contributed by atoms with E-state index in [4.69, 9.17) is 0 Å². The summed E-state index contributed by atoms with van der Waals surface area (Å²) in [4.78, 5) is 0. The van der Waals surface area contributed by atoms with Crippen molar-refractivity contribution in [1.29, 1.82) is 0 Å². The van der Waals surface area contributed by atoms with Crippen LogP contribution in [0.2, 0.25) is 19.6 Å². The highest BCUT2D eigenvalue weighted by Gasteiger charge is 2.18. The number of aryl methyl sites for hydroxylation is 2. The second-order valence-corrected chi connectivity index (χ2v) is 9.75. The van der Waals surface area contributed by atoms with E-state index in [1.807, 2.05) is 26.0 Å². The lowest BCUT2D eigenvalue weighted by molar-refractivity contribution is 0.610. The number of hydrogen-bond acceptors (Lipinski definition) is 0. The summed E-state index contributed by atoms with van der Waals surface area (Å²) in [6.07, 6.45) is 0. The Morgan fingerprint density at radius 3 is 1.69 bits per heavy atom. The second-order valence-electron chi connectivity index (χ2n) is 4.67. The van der Waals surface area contributed by atoms with Crippen molar-refractivity contribution in [2.75, 3.05) is 0 Å². The molecule has 0 atom stereocenters. The highest BCUT2D eigenvalue weighted by atomic mass is 28.3. The van der Waals surface area contributed by atoms with Gasteiger partial charge in [0.15, 0.2) is 0 Å². The molecule has 2 heteroatoms. The molecule has 0 heterocycles. The van der Waals surface area contributed by atoms with E-state index in [0.29, 0.717) is 0 Å². The van der Waals surface area contributed by atoms with Gasteiger partial charge in [0.25, 0.3) is 0 Å². The molecule has 1 aromatic rings. The maximum Gasteiger partial charge on any atom is 0.129 e. The molecule has 0 unspecified atom stereocenters. The van der Waals surface area contributed by atoms with Gasteiger partial charge < -0.3 is 0 Å². The molecule has 0 aliphatic heterocycles. The van der Waals surface area contributed by atoms with Gasteiger partial charge in [0.1, 0.15) is 5.82 Å². The highest BCUT2D eigenvalue weighted by molar-refractivity contribution is 6.88. The zero-order chi connectivity index (χ0) is 10.2. The number of benzene rings is 1. The van der Waals surface area contributed by atoms with E-state index in [1.165, 1.54) is 5.19 Å². The third kappa shape index (κ3) is 2.18. The standard InChI is InChI=1S/C11H17FSi/c1-8-6-10(13(3,4)5)7-9(2)11(8)12/h6-7H,1-5H3. The molecule has 0 N–H and O–H groups in total. The van der Waals surface area contributed by atoms with E-state index in [0.717, 1.165) is 11.1 Å². The first-order valence-corrected chi connectivity index (χ1v) is 8.09. The normalized spacial score (nSPS) is 11.8. The van der Waals surface area contributed by atoms with E-state index in [-0.39, 0.29) is 5.82 Å². The average Bonchev–Trinajstić information content (AvgIpc) is 1.97. The van der Waals surface area contributed by atoms with Crippen molar-refractivity contribution in [3.8, 4) is 0 Å². The summed E-state index contributed by atoms with van der Waals surface area (Å²) < 4.78 is 13.3. The molecule has 0 saturated carbocycles. The van der Waals surface area contributed by atoms with Crippen LogP contribution in [0.1, 0.15) is 11.1 Å². The maximum atomic E-state index is 13.3. The van der Waals surface area contributed by atoms with Crippen LogP contribution in [0.25, 0.3) is 0 Å². The Morgan fingerprint density at radius 1 is 1.00 bits per heavy atom. The fraction of sp³-hybridized carbons (Fsp3) is 0.455. The minimum Gasteiger partial charge on any atom is -0.206 e. The molecule has 0 amide bonds. The molecule has 1 rings (SSSR count). The van der Waals surface area contributed by atoms with Gasteiger partial charge in [-0.25, -0.2) is 4.39 Å². The Balaban J connectivity index is 3.29. The van der Waals surface area contributed by atoms with Gasteiger partial charge in [0.05, 0.1) is 8.07 Å². The summed E-state index contributed by atoms with van der Waals surface area (Å²) >= 11 is 0. The Kier molecular flexibility index (Phi) is 2.62. The first-order chi connectivity index (χ1) is 5.82. The third-order valence-corrected chi connectivity index (χ3v) is 4.32. The lowest BCUT2D eigenvalue weighted by Crippen LogP contribution is -2.38.